The molecule has 0 radical (unpaired) electrons. The monoisotopic (exact) mass is 421 g/mol. The van der Waals surface area contributed by atoms with Crippen LogP contribution in [0.4, 0.5) is 0 Å². The van der Waals surface area contributed by atoms with E-state index in [1.54, 1.807) is 91.0 Å². The van der Waals surface area contributed by atoms with Gasteiger partial charge >= 0.3 is 29.6 Å². The number of nitriles is 1. The smallest absolute Gasteiger partial charge is 1.00 e. The summed E-state index contributed by atoms with van der Waals surface area (Å²) in [5, 5.41) is 22.4. The SMILES string of the molecule is CC(=O)C(O)(c1ccccc1)C(c1ccccc1)C(C#N)(C(C)=O)c1ccccc1.[H-].[Na+]. The van der Waals surface area contributed by atoms with Crippen molar-refractivity contribution in [3.05, 3.63) is 108 Å². The van der Waals surface area contributed by atoms with Gasteiger partial charge in [0, 0.05) is 0 Å². The van der Waals surface area contributed by atoms with Crippen molar-refractivity contribution >= 4 is 11.6 Å². The maximum absolute atomic E-state index is 13.2. The van der Waals surface area contributed by atoms with Crippen LogP contribution in [0.5, 0.6) is 0 Å². The Kier molecular flexibility index (Phi) is 8.11. The van der Waals surface area contributed by atoms with Crippen molar-refractivity contribution in [1.29, 1.82) is 5.26 Å². The summed E-state index contributed by atoms with van der Waals surface area (Å²) < 4.78 is 0. The van der Waals surface area contributed by atoms with Gasteiger partial charge in [0.05, 0.1) is 12.0 Å². The van der Waals surface area contributed by atoms with Crippen LogP contribution in [0.1, 0.15) is 37.9 Å². The third kappa shape index (κ3) is 4.28. The largest absolute Gasteiger partial charge is 1.00 e. The quantitative estimate of drug-likeness (QED) is 0.586. The fourth-order valence-electron chi connectivity index (χ4n) is 4.20. The molecule has 3 aromatic carbocycles. The van der Waals surface area contributed by atoms with E-state index in [1.165, 1.54) is 13.8 Å². The normalized spacial score (nSPS) is 15.3. The first-order chi connectivity index (χ1) is 14.4. The van der Waals surface area contributed by atoms with Crippen LogP contribution < -0.4 is 29.6 Å². The number of aliphatic hydroxyl groups is 1. The van der Waals surface area contributed by atoms with E-state index >= 15 is 0 Å². The molecule has 0 aliphatic rings. The van der Waals surface area contributed by atoms with Gasteiger partial charge in [0.1, 0.15) is 0 Å². The molecular formula is C26H24NNaO3. The van der Waals surface area contributed by atoms with E-state index in [2.05, 4.69) is 6.07 Å². The Balaban J connectivity index is 0.00000256. The van der Waals surface area contributed by atoms with E-state index in [-0.39, 0.29) is 31.0 Å². The molecule has 3 rings (SSSR count). The first-order valence-corrected chi connectivity index (χ1v) is 9.70. The van der Waals surface area contributed by atoms with Gasteiger partial charge in [-0.15, -0.1) is 0 Å². The molecule has 5 heteroatoms. The molecule has 0 aliphatic carbocycles. The van der Waals surface area contributed by atoms with Crippen molar-refractivity contribution in [1.82, 2.24) is 0 Å². The molecule has 0 aromatic heterocycles. The molecule has 0 amide bonds. The van der Waals surface area contributed by atoms with Crippen LogP contribution in [-0.4, -0.2) is 16.7 Å². The Bertz CT molecular complexity index is 1090. The van der Waals surface area contributed by atoms with Crippen molar-refractivity contribution < 1.29 is 45.7 Å². The molecule has 0 fully saturated rings. The molecule has 3 aromatic rings. The zero-order valence-corrected chi connectivity index (χ0v) is 19.9. The van der Waals surface area contributed by atoms with Gasteiger partial charge in [-0.2, -0.15) is 5.26 Å². The molecule has 0 spiro atoms. The summed E-state index contributed by atoms with van der Waals surface area (Å²) in [7, 11) is 0. The van der Waals surface area contributed by atoms with Gasteiger partial charge in [-0.3, -0.25) is 9.59 Å². The van der Waals surface area contributed by atoms with Gasteiger partial charge < -0.3 is 6.53 Å². The predicted octanol–water partition coefficient (Wildman–Crippen LogP) is 1.41. The van der Waals surface area contributed by atoms with Gasteiger partial charge in [0.15, 0.2) is 22.6 Å². The number of hydrogen-bond donors (Lipinski definition) is 1. The summed E-state index contributed by atoms with van der Waals surface area (Å²) >= 11 is 0. The molecule has 3 unspecified atom stereocenters. The molecule has 4 nitrogen and oxygen atoms in total. The van der Waals surface area contributed by atoms with Gasteiger partial charge in [-0.25, -0.2) is 0 Å². The Morgan fingerprint density at radius 3 is 1.61 bits per heavy atom. The second kappa shape index (κ2) is 10.2. The molecule has 0 saturated heterocycles. The van der Waals surface area contributed by atoms with Crippen molar-refractivity contribution in [2.75, 3.05) is 0 Å². The fraction of sp³-hybridized carbons (Fsp3) is 0.192. The summed E-state index contributed by atoms with van der Waals surface area (Å²) in [4.78, 5) is 26.2. The Hall–Kier alpha value is -2.55. The molecule has 31 heavy (non-hydrogen) atoms. The average molecular weight is 421 g/mol. The van der Waals surface area contributed by atoms with Crippen LogP contribution in [0.2, 0.25) is 0 Å². The first-order valence-electron chi connectivity index (χ1n) is 9.70. The maximum Gasteiger partial charge on any atom is 1.00 e. The van der Waals surface area contributed by atoms with Gasteiger partial charge in [-0.05, 0) is 30.5 Å². The molecule has 0 aliphatic heterocycles. The van der Waals surface area contributed by atoms with Crippen LogP contribution in [0.3, 0.4) is 0 Å². The van der Waals surface area contributed by atoms with Crippen molar-refractivity contribution in [3.63, 3.8) is 0 Å². The van der Waals surface area contributed by atoms with E-state index in [0.717, 1.165) is 0 Å². The Morgan fingerprint density at radius 2 is 1.23 bits per heavy atom. The van der Waals surface area contributed by atoms with Crippen molar-refractivity contribution in [2.45, 2.75) is 30.8 Å². The van der Waals surface area contributed by atoms with Crippen LogP contribution >= 0.6 is 0 Å². The number of Topliss-reactive ketones (excluding diaryl/α,β-unsaturated/α-hetero) is 2. The molecule has 0 saturated carbocycles. The second-order valence-corrected chi connectivity index (χ2v) is 7.37. The third-order valence-corrected chi connectivity index (χ3v) is 5.70. The minimum Gasteiger partial charge on any atom is -1.00 e. The van der Waals surface area contributed by atoms with E-state index in [9.17, 15) is 20.0 Å². The van der Waals surface area contributed by atoms with E-state index < -0.39 is 28.5 Å². The molecule has 0 heterocycles. The van der Waals surface area contributed by atoms with Gasteiger partial charge in [-0.1, -0.05) is 91.0 Å². The van der Waals surface area contributed by atoms with Crippen LogP contribution in [0.25, 0.3) is 0 Å². The van der Waals surface area contributed by atoms with Crippen molar-refractivity contribution in [2.24, 2.45) is 0 Å². The average Bonchev–Trinajstić information content (AvgIpc) is 2.78. The topological polar surface area (TPSA) is 78.2 Å². The first kappa shape index (κ1) is 24.7. The van der Waals surface area contributed by atoms with Crippen molar-refractivity contribution in [3.8, 4) is 6.07 Å². The zero-order chi connectivity index (χ0) is 21.8. The standard InChI is InChI=1S/C26H23NO3.Na.H/c1-19(28)25(18-27,22-14-8-4-9-15-22)24(21-12-6-3-7-13-21)26(30,20(2)29)23-16-10-5-11-17-23;;/h3-17,24,30H,1-2H3;;/q;+1;-1. The van der Waals surface area contributed by atoms with Crippen LogP contribution in [0, 0.1) is 11.3 Å². The number of hydrogen-bond acceptors (Lipinski definition) is 4. The summed E-state index contributed by atoms with van der Waals surface area (Å²) in [5.41, 5.74) is -2.58. The number of ketones is 2. The summed E-state index contributed by atoms with van der Waals surface area (Å²) in [5.74, 6) is -2.14. The molecule has 0 bridgehead atoms. The maximum atomic E-state index is 13.2. The Labute approximate surface area is 206 Å². The molecule has 3 atom stereocenters. The summed E-state index contributed by atoms with van der Waals surface area (Å²) in [6.07, 6.45) is 0. The fourth-order valence-corrected chi connectivity index (χ4v) is 4.20. The zero-order valence-electron chi connectivity index (χ0n) is 18.9. The molecule has 152 valence electrons. The second-order valence-electron chi connectivity index (χ2n) is 7.37. The molecule has 1 N–H and O–H groups in total. The Morgan fingerprint density at radius 1 is 0.806 bits per heavy atom. The minimum absolute atomic E-state index is 0. The van der Waals surface area contributed by atoms with E-state index in [4.69, 9.17) is 0 Å². The summed E-state index contributed by atoms with van der Waals surface area (Å²) in [6, 6.07) is 28.1. The minimum atomic E-state index is -2.10. The van der Waals surface area contributed by atoms with E-state index in [0.29, 0.717) is 16.7 Å². The summed E-state index contributed by atoms with van der Waals surface area (Å²) in [6.45, 7) is 2.62. The predicted molar refractivity (Wildman–Crippen MR) is 116 cm³/mol. The van der Waals surface area contributed by atoms with Crippen LogP contribution in [-0.2, 0) is 20.6 Å². The number of rotatable bonds is 7. The number of nitrogens with zero attached hydrogens (tertiary/aromatic N) is 1. The van der Waals surface area contributed by atoms with Gasteiger partial charge in [0.25, 0.3) is 0 Å². The third-order valence-electron chi connectivity index (χ3n) is 5.70. The number of carbonyl (C=O) groups is 2. The van der Waals surface area contributed by atoms with Gasteiger partial charge in [0.2, 0.25) is 0 Å². The van der Waals surface area contributed by atoms with E-state index in [1.807, 2.05) is 0 Å². The van der Waals surface area contributed by atoms with Crippen LogP contribution in [0.15, 0.2) is 91.0 Å². The number of carbonyl (C=O) groups excluding carboxylic acids is 2. The number of benzene rings is 3. The molecular weight excluding hydrogens is 397 g/mol.